The monoisotopic (exact) mass is 292 g/mol. The van der Waals surface area contributed by atoms with Crippen molar-refractivity contribution in [3.8, 4) is 0 Å². The first-order chi connectivity index (χ1) is 9.68. The van der Waals surface area contributed by atoms with Crippen LogP contribution in [0.3, 0.4) is 0 Å². The molecular formula is C16H21ClN2O. The maximum Gasteiger partial charge on any atom is 0.226 e. The summed E-state index contributed by atoms with van der Waals surface area (Å²) >= 11 is 6.31. The maximum atomic E-state index is 12.7. The van der Waals surface area contributed by atoms with Gasteiger partial charge in [0.15, 0.2) is 0 Å². The standard InChI is InChI=1S/C16H21ClN2O/c1-11(12-9-18-10-12)16(20)19-8-4-7-15(19)13-5-2-3-6-14(13)17/h2-3,5-6,11-12,15,18H,4,7-10H2,1H3. The molecule has 3 rings (SSSR count). The molecular weight excluding hydrogens is 272 g/mol. The third kappa shape index (κ3) is 2.45. The zero-order valence-corrected chi connectivity index (χ0v) is 12.6. The van der Waals surface area contributed by atoms with Gasteiger partial charge in [-0.1, -0.05) is 36.7 Å². The van der Waals surface area contributed by atoms with Crippen LogP contribution in [0, 0.1) is 11.8 Å². The molecule has 0 radical (unpaired) electrons. The minimum atomic E-state index is 0.110. The predicted octanol–water partition coefficient (Wildman–Crippen LogP) is 2.86. The smallest absolute Gasteiger partial charge is 0.226 e. The highest BCUT2D eigenvalue weighted by atomic mass is 35.5. The Morgan fingerprint density at radius 1 is 1.40 bits per heavy atom. The first-order valence-electron chi connectivity index (χ1n) is 7.44. The van der Waals surface area contributed by atoms with Gasteiger partial charge in [-0.05, 0) is 43.5 Å². The van der Waals surface area contributed by atoms with Gasteiger partial charge in [0, 0.05) is 17.5 Å². The number of carbonyl (C=O) groups excluding carboxylic acids is 1. The second-order valence-electron chi connectivity index (χ2n) is 5.92. The molecule has 108 valence electrons. The fraction of sp³-hybridized carbons (Fsp3) is 0.562. The second kappa shape index (κ2) is 5.74. The Kier molecular flexibility index (Phi) is 3.99. The van der Waals surface area contributed by atoms with Gasteiger partial charge in [-0.15, -0.1) is 0 Å². The number of rotatable bonds is 3. The van der Waals surface area contributed by atoms with E-state index in [1.54, 1.807) is 0 Å². The van der Waals surface area contributed by atoms with E-state index in [-0.39, 0.29) is 12.0 Å². The van der Waals surface area contributed by atoms with Crippen LogP contribution in [0.25, 0.3) is 0 Å². The normalized spacial score (nSPS) is 24.5. The molecule has 20 heavy (non-hydrogen) atoms. The summed E-state index contributed by atoms with van der Waals surface area (Å²) in [5.74, 6) is 0.897. The number of likely N-dealkylation sites (tertiary alicyclic amines) is 1. The number of benzene rings is 1. The SMILES string of the molecule is CC(C(=O)N1CCCC1c1ccccc1Cl)C1CNC1. The lowest BCUT2D eigenvalue weighted by atomic mass is 9.87. The number of nitrogens with one attached hydrogen (secondary N) is 1. The molecule has 2 aliphatic rings. The molecule has 0 spiro atoms. The first kappa shape index (κ1) is 13.9. The fourth-order valence-electron chi connectivity index (χ4n) is 3.23. The zero-order valence-electron chi connectivity index (χ0n) is 11.8. The molecule has 0 aliphatic carbocycles. The summed E-state index contributed by atoms with van der Waals surface area (Å²) in [7, 11) is 0. The molecule has 0 aromatic heterocycles. The summed E-state index contributed by atoms with van der Waals surface area (Å²) in [5.41, 5.74) is 1.10. The number of nitrogens with zero attached hydrogens (tertiary/aromatic N) is 1. The molecule has 2 fully saturated rings. The van der Waals surface area contributed by atoms with Crippen molar-refractivity contribution in [2.24, 2.45) is 11.8 Å². The largest absolute Gasteiger partial charge is 0.335 e. The molecule has 1 aromatic carbocycles. The van der Waals surface area contributed by atoms with E-state index in [0.29, 0.717) is 11.8 Å². The molecule has 0 saturated carbocycles. The average Bonchev–Trinajstić information content (AvgIpc) is 2.85. The minimum Gasteiger partial charge on any atom is -0.335 e. The Labute approximate surface area is 125 Å². The van der Waals surface area contributed by atoms with Crippen molar-refractivity contribution in [3.05, 3.63) is 34.9 Å². The maximum absolute atomic E-state index is 12.7. The molecule has 1 N–H and O–H groups in total. The molecule has 2 saturated heterocycles. The van der Waals surface area contributed by atoms with Crippen LogP contribution in [-0.4, -0.2) is 30.4 Å². The van der Waals surface area contributed by atoms with Crippen LogP contribution in [0.2, 0.25) is 5.02 Å². The molecule has 2 unspecified atom stereocenters. The second-order valence-corrected chi connectivity index (χ2v) is 6.33. The lowest BCUT2D eigenvalue weighted by Crippen LogP contribution is -2.50. The van der Waals surface area contributed by atoms with E-state index in [2.05, 4.69) is 12.2 Å². The highest BCUT2D eigenvalue weighted by molar-refractivity contribution is 6.31. The topological polar surface area (TPSA) is 32.3 Å². The van der Waals surface area contributed by atoms with E-state index in [1.165, 1.54) is 0 Å². The van der Waals surface area contributed by atoms with Crippen LogP contribution in [0.15, 0.2) is 24.3 Å². The van der Waals surface area contributed by atoms with Crippen molar-refractivity contribution >= 4 is 17.5 Å². The average molecular weight is 293 g/mol. The molecule has 0 bridgehead atoms. The molecule has 4 heteroatoms. The zero-order chi connectivity index (χ0) is 14.1. The number of amides is 1. The number of hydrogen-bond donors (Lipinski definition) is 1. The summed E-state index contributed by atoms with van der Waals surface area (Å²) in [6.07, 6.45) is 2.09. The van der Waals surface area contributed by atoms with Gasteiger partial charge in [0.05, 0.1) is 6.04 Å². The number of carbonyl (C=O) groups is 1. The Bertz CT molecular complexity index is 501. The summed E-state index contributed by atoms with van der Waals surface area (Å²) in [6.45, 7) is 4.87. The van der Waals surface area contributed by atoms with E-state index in [4.69, 9.17) is 11.6 Å². The van der Waals surface area contributed by atoms with Gasteiger partial charge in [0.2, 0.25) is 5.91 Å². The van der Waals surface area contributed by atoms with Gasteiger partial charge in [0.25, 0.3) is 0 Å². The summed E-state index contributed by atoms with van der Waals surface area (Å²) in [5, 5.41) is 4.02. The molecule has 2 heterocycles. The number of halogens is 1. The van der Waals surface area contributed by atoms with Crippen LogP contribution < -0.4 is 5.32 Å². The van der Waals surface area contributed by atoms with E-state index in [9.17, 15) is 4.79 Å². The summed E-state index contributed by atoms with van der Waals surface area (Å²) in [6, 6.07) is 8.06. The van der Waals surface area contributed by atoms with E-state index < -0.39 is 0 Å². The molecule has 3 nitrogen and oxygen atoms in total. The van der Waals surface area contributed by atoms with Crippen LogP contribution in [0.1, 0.15) is 31.4 Å². The minimum absolute atomic E-state index is 0.110. The molecule has 2 atom stereocenters. The molecule has 1 aromatic rings. The lowest BCUT2D eigenvalue weighted by Gasteiger charge is -2.36. The summed E-state index contributed by atoms with van der Waals surface area (Å²) < 4.78 is 0. The Morgan fingerprint density at radius 3 is 2.80 bits per heavy atom. The van der Waals surface area contributed by atoms with Gasteiger partial charge in [0.1, 0.15) is 0 Å². The highest BCUT2D eigenvalue weighted by Crippen LogP contribution is 2.37. The van der Waals surface area contributed by atoms with Gasteiger partial charge < -0.3 is 10.2 Å². The van der Waals surface area contributed by atoms with Gasteiger partial charge in [-0.3, -0.25) is 4.79 Å². The first-order valence-corrected chi connectivity index (χ1v) is 7.82. The van der Waals surface area contributed by atoms with Crippen LogP contribution in [-0.2, 0) is 4.79 Å². The van der Waals surface area contributed by atoms with E-state index >= 15 is 0 Å². The van der Waals surface area contributed by atoms with Crippen molar-refractivity contribution in [2.45, 2.75) is 25.8 Å². The summed E-state index contributed by atoms with van der Waals surface area (Å²) in [4.78, 5) is 14.8. The highest BCUT2D eigenvalue weighted by Gasteiger charge is 2.37. The van der Waals surface area contributed by atoms with Crippen LogP contribution in [0.4, 0.5) is 0 Å². The number of hydrogen-bond acceptors (Lipinski definition) is 2. The third-order valence-corrected chi connectivity index (χ3v) is 5.05. The lowest BCUT2D eigenvalue weighted by molar-refractivity contribution is -0.138. The Hall–Kier alpha value is -1.06. The Balaban J connectivity index is 1.78. The quantitative estimate of drug-likeness (QED) is 0.929. The van der Waals surface area contributed by atoms with Gasteiger partial charge in [-0.25, -0.2) is 0 Å². The van der Waals surface area contributed by atoms with Gasteiger partial charge >= 0.3 is 0 Å². The fourth-order valence-corrected chi connectivity index (χ4v) is 3.49. The van der Waals surface area contributed by atoms with Crippen molar-refractivity contribution in [2.75, 3.05) is 19.6 Å². The molecule has 1 amide bonds. The van der Waals surface area contributed by atoms with Gasteiger partial charge in [-0.2, -0.15) is 0 Å². The van der Waals surface area contributed by atoms with E-state index in [0.717, 1.165) is 43.1 Å². The van der Waals surface area contributed by atoms with E-state index in [1.807, 2.05) is 29.2 Å². The van der Waals surface area contributed by atoms with Crippen molar-refractivity contribution < 1.29 is 4.79 Å². The Morgan fingerprint density at radius 2 is 2.15 bits per heavy atom. The predicted molar refractivity (Wildman–Crippen MR) is 80.7 cm³/mol. The van der Waals surface area contributed by atoms with Crippen molar-refractivity contribution in [1.29, 1.82) is 0 Å². The van der Waals surface area contributed by atoms with Crippen LogP contribution in [0.5, 0.6) is 0 Å². The molecule has 2 aliphatic heterocycles. The third-order valence-electron chi connectivity index (χ3n) is 4.71. The van der Waals surface area contributed by atoms with Crippen LogP contribution >= 0.6 is 11.6 Å². The van der Waals surface area contributed by atoms with Crippen molar-refractivity contribution in [3.63, 3.8) is 0 Å². The van der Waals surface area contributed by atoms with Crippen molar-refractivity contribution in [1.82, 2.24) is 10.2 Å².